The summed E-state index contributed by atoms with van der Waals surface area (Å²) in [6.07, 6.45) is 0. The minimum absolute atomic E-state index is 0.160. The second kappa shape index (κ2) is 9.19. The number of methoxy groups -OCH3 is 2. The van der Waals surface area contributed by atoms with E-state index in [1.54, 1.807) is 30.3 Å². The molecule has 0 saturated carbocycles. The van der Waals surface area contributed by atoms with Crippen LogP contribution in [0.3, 0.4) is 0 Å². The van der Waals surface area contributed by atoms with Gasteiger partial charge in [-0.25, -0.2) is 14.0 Å². The molecule has 0 aliphatic carbocycles. The first-order valence-corrected chi connectivity index (χ1v) is 9.36. The van der Waals surface area contributed by atoms with Gasteiger partial charge in [0.1, 0.15) is 11.5 Å². The van der Waals surface area contributed by atoms with Crippen LogP contribution in [-0.4, -0.2) is 31.1 Å². The lowest BCUT2D eigenvalue weighted by Crippen LogP contribution is -2.41. The summed E-state index contributed by atoms with van der Waals surface area (Å²) < 4.78 is 24.7. The van der Waals surface area contributed by atoms with Crippen molar-refractivity contribution < 1.29 is 28.4 Å². The Bertz CT molecular complexity index is 1250. The molecule has 0 bridgehead atoms. The molecule has 0 spiro atoms. The molecular formula is C22H17FN4O6. The lowest BCUT2D eigenvalue weighted by Gasteiger charge is -2.35. The number of non-ortho nitro benzene ring substituents is 1. The van der Waals surface area contributed by atoms with Crippen LogP contribution in [0.2, 0.25) is 0 Å². The van der Waals surface area contributed by atoms with Gasteiger partial charge in [0.05, 0.1) is 54.0 Å². The quantitative estimate of drug-likeness (QED) is 0.410. The fourth-order valence-corrected chi connectivity index (χ4v) is 3.55. The van der Waals surface area contributed by atoms with E-state index in [0.717, 1.165) is 31.3 Å². The summed E-state index contributed by atoms with van der Waals surface area (Å²) in [4.78, 5) is 36.8. The third kappa shape index (κ3) is 3.97. The van der Waals surface area contributed by atoms with Gasteiger partial charge in [0.25, 0.3) is 5.69 Å². The molecule has 0 radical (unpaired) electrons. The predicted octanol–water partition coefficient (Wildman–Crippen LogP) is 2.63. The van der Waals surface area contributed by atoms with Crippen LogP contribution in [0.5, 0.6) is 0 Å². The molecule has 2 N–H and O–H groups in total. The maximum Gasteiger partial charge on any atom is 0.355 e. The van der Waals surface area contributed by atoms with E-state index in [1.165, 1.54) is 0 Å². The molecule has 1 atom stereocenters. The summed E-state index contributed by atoms with van der Waals surface area (Å²) in [5.41, 5.74) is 4.78. The fraction of sp³-hybridized carbons (Fsp3) is 0.136. The summed E-state index contributed by atoms with van der Waals surface area (Å²) in [7, 11) is 2.13. The number of allylic oxidation sites excluding steroid dienone is 1. The number of ether oxygens (including phenoxy) is 2. The third-order valence-electron chi connectivity index (χ3n) is 4.99. The third-order valence-corrected chi connectivity index (χ3v) is 4.99. The molecule has 1 unspecified atom stereocenters. The van der Waals surface area contributed by atoms with E-state index in [-0.39, 0.29) is 17.0 Å². The normalized spacial score (nSPS) is 15.7. The smallest absolute Gasteiger partial charge is 0.355 e. The first-order valence-electron chi connectivity index (χ1n) is 9.36. The standard InChI is InChI=1S/C22H17FN4O6/c1-32-21(28)18-17(12-6-4-3-5-7-12)14(11-24)20(25)26(19(18)22(29)33-2)16-9-8-13(27(30)31)10-15(16)23/h3-10,17H,25H2,1-2H3. The molecule has 1 aliphatic heterocycles. The van der Waals surface area contributed by atoms with E-state index >= 15 is 0 Å². The van der Waals surface area contributed by atoms with Gasteiger partial charge in [-0.3, -0.25) is 15.0 Å². The van der Waals surface area contributed by atoms with Crippen LogP contribution in [0, 0.1) is 27.3 Å². The number of carbonyl (C=O) groups excluding carboxylic acids is 2. The van der Waals surface area contributed by atoms with Crippen LogP contribution in [0.1, 0.15) is 11.5 Å². The molecule has 33 heavy (non-hydrogen) atoms. The number of nitro benzene ring substituents is 1. The number of nitriles is 1. The van der Waals surface area contributed by atoms with E-state index < -0.39 is 45.7 Å². The topological polar surface area (TPSA) is 149 Å². The van der Waals surface area contributed by atoms with Crippen molar-refractivity contribution in [3.63, 3.8) is 0 Å². The van der Waals surface area contributed by atoms with Crippen molar-refractivity contribution in [3.05, 3.63) is 92.7 Å². The summed E-state index contributed by atoms with van der Waals surface area (Å²) in [6.45, 7) is 0. The molecule has 2 aromatic carbocycles. The van der Waals surface area contributed by atoms with Crippen LogP contribution in [0.25, 0.3) is 0 Å². The van der Waals surface area contributed by atoms with E-state index in [1.807, 2.05) is 6.07 Å². The number of nitrogens with two attached hydrogens (primary N) is 1. The molecule has 0 fully saturated rings. The zero-order valence-electron chi connectivity index (χ0n) is 17.4. The molecule has 3 rings (SSSR count). The number of benzene rings is 2. The molecule has 0 aromatic heterocycles. The number of hydrogen-bond donors (Lipinski definition) is 1. The lowest BCUT2D eigenvalue weighted by molar-refractivity contribution is -0.385. The van der Waals surface area contributed by atoms with Crippen molar-refractivity contribution in [2.75, 3.05) is 19.1 Å². The van der Waals surface area contributed by atoms with Gasteiger partial charge in [-0.15, -0.1) is 0 Å². The number of carbonyl (C=O) groups is 2. The van der Waals surface area contributed by atoms with Crippen LogP contribution in [0.15, 0.2) is 71.2 Å². The molecule has 0 saturated heterocycles. The van der Waals surface area contributed by atoms with Crippen molar-refractivity contribution in [2.24, 2.45) is 5.73 Å². The van der Waals surface area contributed by atoms with Gasteiger partial charge >= 0.3 is 11.9 Å². The summed E-state index contributed by atoms with van der Waals surface area (Å²) in [5.74, 6) is -4.62. The van der Waals surface area contributed by atoms with Crippen molar-refractivity contribution in [2.45, 2.75) is 5.92 Å². The zero-order valence-corrected chi connectivity index (χ0v) is 17.4. The van der Waals surface area contributed by atoms with Gasteiger partial charge in [0.2, 0.25) is 0 Å². The highest BCUT2D eigenvalue weighted by Crippen LogP contribution is 2.43. The van der Waals surface area contributed by atoms with Crippen molar-refractivity contribution in [1.29, 1.82) is 5.26 Å². The minimum atomic E-state index is -1.12. The van der Waals surface area contributed by atoms with E-state index in [9.17, 15) is 29.4 Å². The largest absolute Gasteiger partial charge is 0.466 e. The first kappa shape index (κ1) is 23.0. The first-order chi connectivity index (χ1) is 15.8. The number of rotatable bonds is 5. The number of nitrogens with zero attached hydrogens (tertiary/aromatic N) is 3. The second-order valence-corrected chi connectivity index (χ2v) is 6.73. The van der Waals surface area contributed by atoms with Gasteiger partial charge in [-0.2, -0.15) is 5.26 Å². The van der Waals surface area contributed by atoms with Crippen LogP contribution in [0.4, 0.5) is 15.8 Å². The molecule has 0 amide bonds. The number of nitro groups is 1. The summed E-state index contributed by atoms with van der Waals surface area (Å²) in [6, 6.07) is 12.8. The molecule has 10 nitrogen and oxygen atoms in total. The Hall–Kier alpha value is -4.72. The summed E-state index contributed by atoms with van der Waals surface area (Å²) >= 11 is 0. The number of anilines is 1. The van der Waals surface area contributed by atoms with Crippen LogP contribution in [-0.2, 0) is 19.1 Å². The zero-order chi connectivity index (χ0) is 24.3. The molecule has 168 valence electrons. The Balaban J connectivity index is 2.41. The molecule has 2 aromatic rings. The van der Waals surface area contributed by atoms with Gasteiger partial charge in [-0.05, 0) is 11.6 Å². The number of esters is 2. The number of hydrogen-bond acceptors (Lipinski definition) is 9. The Morgan fingerprint density at radius 2 is 1.79 bits per heavy atom. The van der Waals surface area contributed by atoms with Crippen molar-refractivity contribution in [1.82, 2.24) is 0 Å². The van der Waals surface area contributed by atoms with Crippen LogP contribution >= 0.6 is 0 Å². The molecular weight excluding hydrogens is 435 g/mol. The SMILES string of the molecule is COC(=O)C1=C(C(=O)OC)N(c2ccc([N+](=O)[O-])cc2F)C(N)=C(C#N)C1c1ccccc1. The molecule has 1 heterocycles. The van der Waals surface area contributed by atoms with Crippen molar-refractivity contribution in [3.8, 4) is 6.07 Å². The fourth-order valence-electron chi connectivity index (χ4n) is 3.55. The average molecular weight is 452 g/mol. The highest BCUT2D eigenvalue weighted by atomic mass is 19.1. The van der Waals surface area contributed by atoms with Gasteiger partial charge in [-0.1, -0.05) is 30.3 Å². The maximum absolute atomic E-state index is 15.0. The Labute approximate surface area is 187 Å². The number of halogens is 1. The minimum Gasteiger partial charge on any atom is -0.466 e. The van der Waals surface area contributed by atoms with Crippen molar-refractivity contribution >= 4 is 23.3 Å². The van der Waals surface area contributed by atoms with Gasteiger partial charge in [0.15, 0.2) is 5.82 Å². The molecule has 11 heteroatoms. The van der Waals surface area contributed by atoms with E-state index in [4.69, 9.17) is 15.2 Å². The highest BCUT2D eigenvalue weighted by Gasteiger charge is 2.43. The second-order valence-electron chi connectivity index (χ2n) is 6.73. The van der Waals surface area contributed by atoms with Crippen LogP contribution < -0.4 is 10.6 Å². The predicted molar refractivity (Wildman–Crippen MR) is 113 cm³/mol. The Morgan fingerprint density at radius 1 is 1.15 bits per heavy atom. The summed E-state index contributed by atoms with van der Waals surface area (Å²) in [5, 5.41) is 20.9. The van der Waals surface area contributed by atoms with Gasteiger partial charge in [0, 0.05) is 6.07 Å². The Kier molecular flexibility index (Phi) is 6.39. The molecule has 1 aliphatic rings. The highest BCUT2D eigenvalue weighted by molar-refractivity contribution is 6.06. The van der Waals surface area contributed by atoms with E-state index in [0.29, 0.717) is 11.6 Å². The Morgan fingerprint density at radius 3 is 2.30 bits per heavy atom. The van der Waals surface area contributed by atoms with E-state index in [2.05, 4.69) is 0 Å². The monoisotopic (exact) mass is 452 g/mol. The average Bonchev–Trinajstić information content (AvgIpc) is 2.82. The lowest BCUT2D eigenvalue weighted by atomic mass is 9.81. The van der Waals surface area contributed by atoms with Gasteiger partial charge < -0.3 is 15.2 Å². The maximum atomic E-state index is 15.0.